The van der Waals surface area contributed by atoms with Gasteiger partial charge in [0, 0.05) is 11.5 Å². The van der Waals surface area contributed by atoms with Gasteiger partial charge in [-0.2, -0.15) is 0 Å². The molecule has 2 aromatic rings. The minimum atomic E-state index is -4.73. The first-order valence-electron chi connectivity index (χ1n) is 9.76. The number of nitrogens with one attached hydrogen (secondary N) is 1. The number of piperidine rings is 1. The molecule has 2 aromatic carbocycles. The van der Waals surface area contributed by atoms with E-state index in [0.717, 1.165) is 24.9 Å². The van der Waals surface area contributed by atoms with Gasteiger partial charge >= 0.3 is 6.36 Å². The van der Waals surface area contributed by atoms with Crippen LogP contribution in [0.4, 0.5) is 13.2 Å². The van der Waals surface area contributed by atoms with Gasteiger partial charge in [-0.15, -0.1) is 13.2 Å². The summed E-state index contributed by atoms with van der Waals surface area (Å²) in [6.07, 6.45) is -2.14. The Morgan fingerprint density at radius 1 is 1.14 bits per heavy atom. The SMILES string of the molecule is COc1ccc(OC(F)(F)F)cc1[C@H]1CO[C@@]2(CCCN[C@@H]2c2ccccc2)C1. The summed E-state index contributed by atoms with van der Waals surface area (Å²) in [6.45, 7) is 1.34. The molecular formula is C22H24F3NO3. The molecule has 2 heterocycles. The second-order valence-corrected chi connectivity index (χ2v) is 7.63. The number of benzene rings is 2. The maximum atomic E-state index is 12.7. The average molecular weight is 407 g/mol. The molecule has 0 amide bonds. The Balaban J connectivity index is 1.62. The molecule has 4 rings (SSSR count). The number of alkyl halides is 3. The van der Waals surface area contributed by atoms with E-state index in [1.54, 1.807) is 0 Å². The molecule has 0 unspecified atom stereocenters. The number of hydrogen-bond donors (Lipinski definition) is 1. The summed E-state index contributed by atoms with van der Waals surface area (Å²) < 4.78 is 53.9. The van der Waals surface area contributed by atoms with Gasteiger partial charge in [0.25, 0.3) is 0 Å². The van der Waals surface area contributed by atoms with Crippen molar-refractivity contribution in [2.24, 2.45) is 0 Å². The first-order chi connectivity index (χ1) is 13.9. The Bertz CT molecular complexity index is 843. The van der Waals surface area contributed by atoms with Crippen molar-refractivity contribution >= 4 is 0 Å². The van der Waals surface area contributed by atoms with Gasteiger partial charge in [-0.25, -0.2) is 0 Å². The molecule has 0 aliphatic carbocycles. The number of rotatable bonds is 4. The molecule has 156 valence electrons. The molecular weight excluding hydrogens is 383 g/mol. The van der Waals surface area contributed by atoms with Crippen LogP contribution < -0.4 is 14.8 Å². The number of methoxy groups -OCH3 is 1. The van der Waals surface area contributed by atoms with Crippen molar-refractivity contribution in [3.63, 3.8) is 0 Å². The Morgan fingerprint density at radius 3 is 2.66 bits per heavy atom. The molecule has 3 atom stereocenters. The third kappa shape index (κ3) is 4.21. The van der Waals surface area contributed by atoms with Crippen LogP contribution in [-0.4, -0.2) is 32.2 Å². The van der Waals surface area contributed by atoms with Crippen LogP contribution in [0.25, 0.3) is 0 Å². The monoisotopic (exact) mass is 407 g/mol. The van der Waals surface area contributed by atoms with Crippen LogP contribution in [0.1, 0.15) is 42.3 Å². The van der Waals surface area contributed by atoms with Gasteiger partial charge in [0.1, 0.15) is 11.5 Å². The molecule has 1 spiro atoms. The van der Waals surface area contributed by atoms with E-state index in [1.807, 2.05) is 18.2 Å². The van der Waals surface area contributed by atoms with Crippen molar-refractivity contribution in [1.29, 1.82) is 0 Å². The van der Waals surface area contributed by atoms with E-state index in [2.05, 4.69) is 22.2 Å². The van der Waals surface area contributed by atoms with Crippen LogP contribution in [-0.2, 0) is 4.74 Å². The van der Waals surface area contributed by atoms with Crippen LogP contribution in [0.2, 0.25) is 0 Å². The Kier molecular flexibility index (Phi) is 5.44. The largest absolute Gasteiger partial charge is 0.573 e. The van der Waals surface area contributed by atoms with E-state index in [0.29, 0.717) is 24.3 Å². The summed E-state index contributed by atoms with van der Waals surface area (Å²) in [5.74, 6) is 0.230. The van der Waals surface area contributed by atoms with Crippen LogP contribution in [0, 0.1) is 0 Å². The fraction of sp³-hybridized carbons (Fsp3) is 0.455. The summed E-state index contributed by atoms with van der Waals surface area (Å²) in [5.41, 5.74) is 1.45. The highest BCUT2D eigenvalue weighted by molar-refractivity contribution is 5.43. The second kappa shape index (κ2) is 7.88. The van der Waals surface area contributed by atoms with Crippen molar-refractivity contribution in [1.82, 2.24) is 5.32 Å². The lowest BCUT2D eigenvalue weighted by molar-refractivity contribution is -0.274. The van der Waals surface area contributed by atoms with Gasteiger partial charge in [0.15, 0.2) is 0 Å². The molecule has 0 saturated carbocycles. The molecule has 0 radical (unpaired) electrons. The lowest BCUT2D eigenvalue weighted by Crippen LogP contribution is -2.48. The number of hydrogen-bond acceptors (Lipinski definition) is 4. The van der Waals surface area contributed by atoms with Gasteiger partial charge in [-0.05, 0) is 49.6 Å². The van der Waals surface area contributed by atoms with E-state index in [1.165, 1.54) is 25.3 Å². The van der Waals surface area contributed by atoms with Crippen LogP contribution >= 0.6 is 0 Å². The zero-order chi connectivity index (χ0) is 20.5. The minimum absolute atomic E-state index is 0.0445. The molecule has 0 bridgehead atoms. The number of halogens is 3. The normalized spacial score (nSPS) is 27.2. The third-order valence-electron chi connectivity index (χ3n) is 5.82. The Labute approximate surface area is 168 Å². The highest BCUT2D eigenvalue weighted by atomic mass is 19.4. The first-order valence-corrected chi connectivity index (χ1v) is 9.76. The summed E-state index contributed by atoms with van der Waals surface area (Å²) in [4.78, 5) is 0. The van der Waals surface area contributed by atoms with Gasteiger partial charge in [-0.1, -0.05) is 30.3 Å². The molecule has 2 aliphatic rings. The minimum Gasteiger partial charge on any atom is -0.496 e. The highest BCUT2D eigenvalue weighted by Gasteiger charge is 2.49. The molecule has 29 heavy (non-hydrogen) atoms. The maximum Gasteiger partial charge on any atom is 0.573 e. The van der Waals surface area contributed by atoms with Crippen LogP contribution in [0.15, 0.2) is 48.5 Å². The zero-order valence-electron chi connectivity index (χ0n) is 16.2. The molecule has 2 saturated heterocycles. The van der Waals surface area contributed by atoms with Gasteiger partial charge < -0.3 is 19.5 Å². The second-order valence-electron chi connectivity index (χ2n) is 7.63. The lowest BCUT2D eigenvalue weighted by atomic mass is 9.77. The Morgan fingerprint density at radius 2 is 1.93 bits per heavy atom. The van der Waals surface area contributed by atoms with Crippen molar-refractivity contribution in [2.75, 3.05) is 20.3 Å². The first kappa shape index (κ1) is 20.0. The highest BCUT2D eigenvalue weighted by Crippen LogP contribution is 2.50. The van der Waals surface area contributed by atoms with E-state index >= 15 is 0 Å². The van der Waals surface area contributed by atoms with E-state index < -0.39 is 12.0 Å². The molecule has 4 nitrogen and oxygen atoms in total. The van der Waals surface area contributed by atoms with Crippen LogP contribution in [0.3, 0.4) is 0 Å². The zero-order valence-corrected chi connectivity index (χ0v) is 16.2. The van der Waals surface area contributed by atoms with E-state index in [4.69, 9.17) is 9.47 Å². The molecule has 2 aliphatic heterocycles. The molecule has 2 fully saturated rings. The fourth-order valence-corrected chi connectivity index (χ4v) is 4.64. The van der Waals surface area contributed by atoms with Crippen molar-refractivity contribution in [3.05, 3.63) is 59.7 Å². The molecule has 0 aromatic heterocycles. The van der Waals surface area contributed by atoms with E-state index in [9.17, 15) is 13.2 Å². The predicted octanol–water partition coefficient (Wildman–Crippen LogP) is 4.96. The third-order valence-corrected chi connectivity index (χ3v) is 5.82. The topological polar surface area (TPSA) is 39.7 Å². The van der Waals surface area contributed by atoms with Crippen molar-refractivity contribution < 1.29 is 27.4 Å². The predicted molar refractivity (Wildman–Crippen MR) is 102 cm³/mol. The number of ether oxygens (including phenoxy) is 3. The maximum absolute atomic E-state index is 12.7. The average Bonchev–Trinajstić information content (AvgIpc) is 3.12. The molecule has 7 heteroatoms. The summed E-state index contributed by atoms with van der Waals surface area (Å²) in [5, 5.41) is 3.58. The quantitative estimate of drug-likeness (QED) is 0.778. The Hall–Kier alpha value is -2.25. The fourth-order valence-electron chi connectivity index (χ4n) is 4.64. The van der Waals surface area contributed by atoms with Crippen molar-refractivity contribution in [3.8, 4) is 11.5 Å². The van der Waals surface area contributed by atoms with Gasteiger partial charge in [-0.3, -0.25) is 0 Å². The lowest BCUT2D eigenvalue weighted by Gasteiger charge is -2.41. The van der Waals surface area contributed by atoms with Gasteiger partial charge in [0.05, 0.1) is 25.4 Å². The van der Waals surface area contributed by atoms with E-state index in [-0.39, 0.29) is 17.7 Å². The standard InChI is InChI=1S/C22H24F3NO3/c1-27-19-9-8-17(29-22(23,24)25)12-18(19)16-13-21(28-14-16)10-5-11-26-20(21)15-6-3-2-4-7-15/h2-4,6-9,12,16,20,26H,5,10-11,13-14H2,1H3/t16-,20-,21+/m1/s1. The van der Waals surface area contributed by atoms with Crippen LogP contribution in [0.5, 0.6) is 11.5 Å². The molecule has 1 N–H and O–H groups in total. The summed E-state index contributed by atoms with van der Waals surface area (Å²) in [7, 11) is 1.52. The van der Waals surface area contributed by atoms with Crippen molar-refractivity contribution in [2.45, 2.75) is 43.2 Å². The van der Waals surface area contributed by atoms with Gasteiger partial charge in [0.2, 0.25) is 0 Å². The smallest absolute Gasteiger partial charge is 0.496 e. The summed E-state index contributed by atoms with van der Waals surface area (Å²) >= 11 is 0. The summed E-state index contributed by atoms with van der Waals surface area (Å²) in [6, 6.07) is 14.4.